The highest BCUT2D eigenvalue weighted by Crippen LogP contribution is 2.35. The fraction of sp³-hybridized carbons (Fsp3) is 0.276. The van der Waals surface area contributed by atoms with E-state index in [2.05, 4.69) is 10.1 Å². The lowest BCUT2D eigenvalue weighted by Gasteiger charge is -2.15. The molecule has 0 amide bonds. The zero-order valence-electron chi connectivity index (χ0n) is 22.1. The number of pyridine rings is 1. The van der Waals surface area contributed by atoms with Crippen molar-refractivity contribution in [3.63, 3.8) is 0 Å². The van der Waals surface area contributed by atoms with Crippen molar-refractivity contribution in [3.8, 4) is 22.8 Å². The molecule has 0 fully saturated rings. The predicted molar refractivity (Wildman–Crippen MR) is 143 cm³/mol. The summed E-state index contributed by atoms with van der Waals surface area (Å²) in [6.45, 7) is 1.79. The van der Waals surface area contributed by atoms with Crippen molar-refractivity contribution in [2.75, 3.05) is 6.61 Å². The fourth-order valence-electron chi connectivity index (χ4n) is 4.46. The molecule has 0 aliphatic heterocycles. The Morgan fingerprint density at radius 3 is 2.43 bits per heavy atom. The average Bonchev–Trinajstić information content (AvgIpc) is 3.38. The van der Waals surface area contributed by atoms with Gasteiger partial charge in [0.15, 0.2) is 11.5 Å². The molecule has 2 heterocycles. The summed E-state index contributed by atoms with van der Waals surface area (Å²) >= 11 is 6.53. The number of carboxylic acid groups (broad SMARTS) is 1. The smallest absolute Gasteiger partial charge is 0.434 e. The van der Waals surface area contributed by atoms with Gasteiger partial charge in [-0.15, -0.1) is 0 Å². The van der Waals surface area contributed by atoms with Crippen LogP contribution in [0.3, 0.4) is 0 Å². The Bertz CT molecular complexity index is 1580. The van der Waals surface area contributed by atoms with Crippen LogP contribution < -0.4 is 4.74 Å². The highest BCUT2D eigenvalue weighted by Gasteiger charge is 2.41. The molecular weight excluding hydrogens is 588 g/mol. The van der Waals surface area contributed by atoms with Gasteiger partial charge in [0.05, 0.1) is 18.5 Å². The van der Waals surface area contributed by atoms with Gasteiger partial charge in [-0.3, -0.25) is 0 Å². The molecule has 0 atom stereocenters. The molecule has 42 heavy (non-hydrogen) atoms. The summed E-state index contributed by atoms with van der Waals surface area (Å²) in [5.74, 6) is -1.53. The van der Waals surface area contributed by atoms with Gasteiger partial charge in [0, 0.05) is 17.0 Å². The highest BCUT2D eigenvalue weighted by atomic mass is 35.5. The Hall–Kier alpha value is -4.06. The summed E-state index contributed by atoms with van der Waals surface area (Å²) in [7, 11) is 0. The van der Waals surface area contributed by atoms with E-state index in [4.69, 9.17) is 16.3 Å². The number of aryl methyl sites for hydroxylation is 2. The number of nitrogens with zero attached hydrogens (tertiary/aromatic N) is 3. The van der Waals surface area contributed by atoms with E-state index >= 15 is 0 Å². The second-order valence-electron chi connectivity index (χ2n) is 9.42. The van der Waals surface area contributed by atoms with Crippen LogP contribution in [-0.4, -0.2) is 38.6 Å². The lowest BCUT2D eigenvalue weighted by atomic mass is 9.95. The zero-order chi connectivity index (χ0) is 30.7. The lowest BCUT2D eigenvalue weighted by Crippen LogP contribution is -2.18. The molecule has 0 bridgehead atoms. The monoisotopic (exact) mass is 611 g/mol. The van der Waals surface area contributed by atoms with Crippen LogP contribution in [0.1, 0.15) is 45.6 Å². The van der Waals surface area contributed by atoms with Crippen molar-refractivity contribution in [1.82, 2.24) is 14.8 Å². The van der Waals surface area contributed by atoms with E-state index in [0.29, 0.717) is 51.3 Å². The number of hydrogen-bond acceptors (Lipinski definition) is 4. The third-order valence-electron chi connectivity index (χ3n) is 6.45. The van der Waals surface area contributed by atoms with E-state index < -0.39 is 36.0 Å². The standard InChI is InChI=1S/C29H24ClF6N3O3/c1-17-15-19(42-14-4-13-28(31,32)33)11-9-18(17)10-12-20-21(5-2-6-23(20)30)24-7-3-8-25(38-24)39-26(29(34,35)36)22(16-37-39)27(40)41/h2-3,5-9,11,15-16H,4,10,12-14H2,1H3,(H,40,41). The Kier molecular flexibility index (Phi) is 9.15. The van der Waals surface area contributed by atoms with Crippen LogP contribution in [-0.2, 0) is 19.0 Å². The minimum atomic E-state index is -5.00. The number of carboxylic acids is 1. The first-order valence-corrected chi connectivity index (χ1v) is 13.0. The minimum absolute atomic E-state index is 0.0615. The lowest BCUT2D eigenvalue weighted by molar-refractivity contribution is -0.143. The summed E-state index contributed by atoms with van der Waals surface area (Å²) in [6, 6.07) is 14.7. The van der Waals surface area contributed by atoms with E-state index in [1.165, 1.54) is 12.1 Å². The van der Waals surface area contributed by atoms with Crippen molar-refractivity contribution in [2.45, 2.75) is 45.0 Å². The SMILES string of the molecule is Cc1cc(OCCCC(F)(F)F)ccc1CCc1c(Cl)cccc1-c1cccc(-n2ncc(C(=O)O)c2C(F)(F)F)n1. The third-order valence-corrected chi connectivity index (χ3v) is 6.80. The predicted octanol–water partition coefficient (Wildman–Crippen LogP) is 8.12. The van der Waals surface area contributed by atoms with Gasteiger partial charge in [-0.2, -0.15) is 31.4 Å². The second kappa shape index (κ2) is 12.4. The fourth-order valence-corrected chi connectivity index (χ4v) is 4.73. The first kappa shape index (κ1) is 30.9. The molecule has 4 rings (SSSR count). The van der Waals surface area contributed by atoms with Gasteiger partial charge in [0.25, 0.3) is 0 Å². The average molecular weight is 612 g/mol. The quantitative estimate of drug-likeness (QED) is 0.145. The van der Waals surface area contributed by atoms with Gasteiger partial charge in [-0.25, -0.2) is 14.5 Å². The van der Waals surface area contributed by atoms with Crippen LogP contribution in [0, 0.1) is 6.92 Å². The Morgan fingerprint density at radius 1 is 1.02 bits per heavy atom. The normalized spacial score (nSPS) is 12.0. The van der Waals surface area contributed by atoms with E-state index in [0.717, 1.165) is 11.1 Å². The second-order valence-corrected chi connectivity index (χ2v) is 9.83. The molecule has 4 aromatic rings. The number of hydrogen-bond donors (Lipinski definition) is 1. The van der Waals surface area contributed by atoms with Crippen molar-refractivity contribution >= 4 is 17.6 Å². The molecule has 222 valence electrons. The molecule has 0 radical (unpaired) electrons. The zero-order valence-corrected chi connectivity index (χ0v) is 22.8. The summed E-state index contributed by atoms with van der Waals surface area (Å²) in [6.07, 6.45) is -8.70. The van der Waals surface area contributed by atoms with Gasteiger partial charge < -0.3 is 9.84 Å². The van der Waals surface area contributed by atoms with E-state index in [1.807, 2.05) is 13.0 Å². The van der Waals surface area contributed by atoms with Gasteiger partial charge in [-0.1, -0.05) is 35.9 Å². The maximum atomic E-state index is 13.8. The topological polar surface area (TPSA) is 77.2 Å². The maximum Gasteiger partial charge on any atom is 0.434 e. The van der Waals surface area contributed by atoms with E-state index in [9.17, 15) is 36.2 Å². The van der Waals surface area contributed by atoms with Crippen LogP contribution >= 0.6 is 11.6 Å². The van der Waals surface area contributed by atoms with Crippen molar-refractivity contribution in [2.24, 2.45) is 0 Å². The van der Waals surface area contributed by atoms with Crippen LogP contribution in [0.4, 0.5) is 26.3 Å². The molecule has 13 heteroatoms. The number of rotatable bonds is 10. The Morgan fingerprint density at radius 2 is 1.76 bits per heavy atom. The van der Waals surface area contributed by atoms with Crippen LogP contribution in [0.5, 0.6) is 5.75 Å². The van der Waals surface area contributed by atoms with Gasteiger partial charge in [0.1, 0.15) is 11.3 Å². The summed E-state index contributed by atoms with van der Waals surface area (Å²) in [5.41, 5.74) is 0.942. The number of benzene rings is 2. The van der Waals surface area contributed by atoms with Crippen LogP contribution in [0.25, 0.3) is 17.1 Å². The van der Waals surface area contributed by atoms with Gasteiger partial charge >= 0.3 is 18.3 Å². The van der Waals surface area contributed by atoms with E-state index in [-0.39, 0.29) is 18.8 Å². The number of carbonyl (C=O) groups is 1. The molecule has 0 spiro atoms. The summed E-state index contributed by atoms with van der Waals surface area (Å²) in [4.78, 5) is 15.7. The Balaban J connectivity index is 1.57. The van der Waals surface area contributed by atoms with Gasteiger partial charge in [0.2, 0.25) is 0 Å². The third kappa shape index (κ3) is 7.41. The molecule has 0 saturated carbocycles. The summed E-state index contributed by atoms with van der Waals surface area (Å²) < 4.78 is 84.2. The number of alkyl halides is 6. The van der Waals surface area contributed by atoms with Gasteiger partial charge in [-0.05, 0) is 73.2 Å². The summed E-state index contributed by atoms with van der Waals surface area (Å²) in [5, 5.41) is 13.3. The minimum Gasteiger partial charge on any atom is -0.494 e. The molecule has 0 aliphatic rings. The number of aromatic carboxylic acids is 1. The molecule has 6 nitrogen and oxygen atoms in total. The number of ether oxygens (including phenoxy) is 1. The van der Waals surface area contributed by atoms with E-state index in [1.54, 1.807) is 36.4 Å². The van der Waals surface area contributed by atoms with Crippen LogP contribution in [0.2, 0.25) is 5.02 Å². The number of aromatic nitrogens is 3. The molecule has 1 N–H and O–H groups in total. The van der Waals surface area contributed by atoms with Crippen molar-refractivity contribution < 1.29 is 41.0 Å². The molecular formula is C29H24ClF6N3O3. The maximum absolute atomic E-state index is 13.8. The molecule has 2 aromatic carbocycles. The van der Waals surface area contributed by atoms with Crippen molar-refractivity contribution in [1.29, 1.82) is 0 Å². The first-order chi connectivity index (χ1) is 19.7. The molecule has 2 aromatic heterocycles. The first-order valence-electron chi connectivity index (χ1n) is 12.7. The molecule has 0 unspecified atom stereocenters. The highest BCUT2D eigenvalue weighted by molar-refractivity contribution is 6.31. The van der Waals surface area contributed by atoms with Crippen LogP contribution in [0.15, 0.2) is 60.8 Å². The molecule has 0 saturated heterocycles. The molecule has 0 aliphatic carbocycles. The Labute approximate surface area is 241 Å². The largest absolute Gasteiger partial charge is 0.494 e. The number of halogens is 7. The van der Waals surface area contributed by atoms with Crippen molar-refractivity contribution in [3.05, 3.63) is 93.8 Å².